The van der Waals surface area contributed by atoms with Crippen LogP contribution in [0.15, 0.2) is 36.4 Å². The van der Waals surface area contributed by atoms with Crippen molar-refractivity contribution in [2.75, 3.05) is 23.8 Å². The van der Waals surface area contributed by atoms with Crippen molar-refractivity contribution in [2.45, 2.75) is 12.8 Å². The van der Waals surface area contributed by atoms with Crippen LogP contribution in [0.1, 0.15) is 12.8 Å². The number of hydrogen-bond donors (Lipinski definition) is 2. The van der Waals surface area contributed by atoms with Crippen molar-refractivity contribution in [3.05, 3.63) is 46.4 Å². The Morgan fingerprint density at radius 1 is 1.23 bits per heavy atom. The molecule has 0 unspecified atom stereocenters. The molecule has 0 radical (unpaired) electrons. The van der Waals surface area contributed by atoms with Crippen LogP contribution in [0, 0.1) is 0 Å². The van der Waals surface area contributed by atoms with Crippen molar-refractivity contribution in [1.29, 1.82) is 0 Å². The molecule has 0 spiro atoms. The highest BCUT2D eigenvalue weighted by Gasteiger charge is 2.19. The van der Waals surface area contributed by atoms with Crippen molar-refractivity contribution < 1.29 is 19.1 Å². The summed E-state index contributed by atoms with van der Waals surface area (Å²) in [6.07, 6.45) is 0.779. The summed E-state index contributed by atoms with van der Waals surface area (Å²) in [4.78, 5) is 23.4. The average Bonchev–Trinajstić information content (AvgIpc) is 2.61. The predicted octanol–water partition coefficient (Wildman–Crippen LogP) is 4.12. The molecule has 2 N–H and O–H groups in total. The summed E-state index contributed by atoms with van der Waals surface area (Å²) < 4.78 is 10.9. The van der Waals surface area contributed by atoms with Crippen molar-refractivity contribution in [1.82, 2.24) is 0 Å². The van der Waals surface area contributed by atoms with Gasteiger partial charge < -0.3 is 20.1 Å². The molecule has 0 atom stereocenters. The second-order valence-electron chi connectivity index (χ2n) is 5.60. The van der Waals surface area contributed by atoms with Gasteiger partial charge in [0.05, 0.1) is 28.0 Å². The Morgan fingerprint density at radius 2 is 2.04 bits per heavy atom. The Kier molecular flexibility index (Phi) is 5.85. The number of nitrogens with one attached hydrogen (secondary N) is 2. The molecule has 6 nitrogen and oxygen atoms in total. The van der Waals surface area contributed by atoms with E-state index in [9.17, 15) is 9.59 Å². The molecule has 8 heteroatoms. The lowest BCUT2D eigenvalue weighted by molar-refractivity contribution is -0.118. The van der Waals surface area contributed by atoms with Gasteiger partial charge >= 0.3 is 0 Å². The van der Waals surface area contributed by atoms with E-state index in [1.807, 2.05) is 12.1 Å². The molecule has 2 aromatic rings. The molecule has 2 aromatic carbocycles. The third kappa shape index (κ3) is 4.59. The van der Waals surface area contributed by atoms with Crippen LogP contribution in [0.2, 0.25) is 10.0 Å². The number of fused-ring (bicyclic) bond motifs is 1. The number of amides is 2. The van der Waals surface area contributed by atoms with Crippen LogP contribution in [0.5, 0.6) is 11.5 Å². The normalized spacial score (nSPS) is 12.6. The fraction of sp³-hybridized carbons (Fsp3) is 0.222. The lowest BCUT2D eigenvalue weighted by Crippen LogP contribution is -2.25. The van der Waals surface area contributed by atoms with E-state index in [4.69, 9.17) is 32.7 Å². The van der Waals surface area contributed by atoms with Crippen LogP contribution in [-0.2, 0) is 9.59 Å². The lowest BCUT2D eigenvalue weighted by atomic mass is 10.2. The minimum Gasteiger partial charge on any atom is -0.492 e. The Labute approximate surface area is 160 Å². The van der Waals surface area contributed by atoms with Crippen LogP contribution >= 0.6 is 23.2 Å². The lowest BCUT2D eigenvalue weighted by Gasteiger charge is -2.19. The first-order chi connectivity index (χ1) is 12.5. The Morgan fingerprint density at radius 3 is 2.85 bits per heavy atom. The highest BCUT2D eigenvalue weighted by Crippen LogP contribution is 2.36. The zero-order valence-corrected chi connectivity index (χ0v) is 15.2. The molecule has 0 saturated heterocycles. The maximum absolute atomic E-state index is 12.1. The van der Waals surface area contributed by atoms with Gasteiger partial charge in [0.25, 0.3) is 5.91 Å². The van der Waals surface area contributed by atoms with Gasteiger partial charge in [0.2, 0.25) is 5.91 Å². The van der Waals surface area contributed by atoms with Crippen LogP contribution in [0.4, 0.5) is 11.4 Å². The SMILES string of the molecule is O=C(CCCOc1ccccc1Cl)Nc1cc2c(cc1Cl)NC(=O)CO2. The quantitative estimate of drug-likeness (QED) is 0.722. The van der Waals surface area contributed by atoms with E-state index in [0.29, 0.717) is 45.9 Å². The molecule has 1 heterocycles. The monoisotopic (exact) mass is 394 g/mol. The maximum Gasteiger partial charge on any atom is 0.262 e. The van der Waals surface area contributed by atoms with Gasteiger partial charge in [0, 0.05) is 12.5 Å². The average molecular weight is 395 g/mol. The summed E-state index contributed by atoms with van der Waals surface area (Å²) in [5, 5.41) is 6.24. The van der Waals surface area contributed by atoms with Crippen LogP contribution < -0.4 is 20.1 Å². The summed E-state index contributed by atoms with van der Waals surface area (Å²) in [7, 11) is 0. The van der Waals surface area contributed by atoms with Crippen LogP contribution in [0.3, 0.4) is 0 Å². The topological polar surface area (TPSA) is 76.7 Å². The number of halogens is 2. The van der Waals surface area contributed by atoms with Gasteiger partial charge in [-0.2, -0.15) is 0 Å². The predicted molar refractivity (Wildman–Crippen MR) is 100 cm³/mol. The van der Waals surface area contributed by atoms with E-state index >= 15 is 0 Å². The Bertz CT molecular complexity index is 842. The zero-order valence-electron chi connectivity index (χ0n) is 13.7. The second-order valence-corrected chi connectivity index (χ2v) is 6.41. The third-order valence-electron chi connectivity index (χ3n) is 3.62. The first-order valence-corrected chi connectivity index (χ1v) is 8.72. The number of rotatable bonds is 6. The highest BCUT2D eigenvalue weighted by molar-refractivity contribution is 6.34. The van der Waals surface area contributed by atoms with Gasteiger partial charge in [-0.15, -0.1) is 0 Å². The zero-order chi connectivity index (χ0) is 18.5. The van der Waals surface area contributed by atoms with Gasteiger partial charge in [-0.25, -0.2) is 0 Å². The number of carbonyl (C=O) groups excluding carboxylic acids is 2. The number of ether oxygens (including phenoxy) is 2. The number of benzene rings is 2. The van der Waals surface area contributed by atoms with E-state index in [0.717, 1.165) is 0 Å². The van der Waals surface area contributed by atoms with E-state index in [1.54, 1.807) is 24.3 Å². The summed E-state index contributed by atoms with van der Waals surface area (Å²) in [5.41, 5.74) is 0.913. The Hall–Kier alpha value is -2.44. The van der Waals surface area contributed by atoms with E-state index < -0.39 is 0 Å². The van der Waals surface area contributed by atoms with Crippen molar-refractivity contribution >= 4 is 46.4 Å². The smallest absolute Gasteiger partial charge is 0.262 e. The molecule has 0 fully saturated rings. The van der Waals surface area contributed by atoms with Crippen molar-refractivity contribution in [2.24, 2.45) is 0 Å². The van der Waals surface area contributed by atoms with E-state index in [2.05, 4.69) is 10.6 Å². The maximum atomic E-state index is 12.1. The minimum atomic E-state index is -0.246. The molecule has 2 amide bonds. The molecular weight excluding hydrogens is 379 g/mol. The molecular formula is C18H16Cl2N2O4. The van der Waals surface area contributed by atoms with Gasteiger partial charge in [-0.05, 0) is 24.6 Å². The number of carbonyl (C=O) groups is 2. The van der Waals surface area contributed by atoms with Gasteiger partial charge in [0.15, 0.2) is 6.61 Å². The molecule has 0 aromatic heterocycles. The Balaban J connectivity index is 1.50. The van der Waals surface area contributed by atoms with E-state index in [1.165, 1.54) is 0 Å². The third-order valence-corrected chi connectivity index (χ3v) is 4.24. The molecule has 0 saturated carbocycles. The fourth-order valence-corrected chi connectivity index (χ4v) is 2.79. The van der Waals surface area contributed by atoms with Crippen molar-refractivity contribution in [3.63, 3.8) is 0 Å². The first kappa shape index (κ1) is 18.4. The molecule has 136 valence electrons. The fourth-order valence-electron chi connectivity index (χ4n) is 2.39. The minimum absolute atomic E-state index is 0.0681. The molecule has 1 aliphatic rings. The number of hydrogen-bond acceptors (Lipinski definition) is 4. The van der Waals surface area contributed by atoms with Gasteiger partial charge in [-0.3, -0.25) is 9.59 Å². The molecule has 1 aliphatic heterocycles. The second kappa shape index (κ2) is 8.29. The first-order valence-electron chi connectivity index (χ1n) is 7.96. The molecule has 3 rings (SSSR count). The van der Waals surface area contributed by atoms with Crippen LogP contribution in [-0.4, -0.2) is 25.0 Å². The highest BCUT2D eigenvalue weighted by atomic mass is 35.5. The van der Waals surface area contributed by atoms with E-state index in [-0.39, 0.29) is 24.8 Å². The number of anilines is 2. The summed E-state index contributed by atoms with van der Waals surface area (Å²) in [6.45, 7) is 0.297. The standard InChI is InChI=1S/C18H16Cl2N2O4/c19-11-4-1-2-5-15(11)25-7-3-6-17(23)21-13-9-16-14(8-12(13)20)22-18(24)10-26-16/h1-2,4-5,8-9H,3,6-7,10H2,(H,21,23)(H,22,24). The molecule has 0 bridgehead atoms. The summed E-state index contributed by atoms with van der Waals surface area (Å²) in [5.74, 6) is 0.608. The van der Waals surface area contributed by atoms with Gasteiger partial charge in [-0.1, -0.05) is 35.3 Å². The molecule has 0 aliphatic carbocycles. The summed E-state index contributed by atoms with van der Waals surface area (Å²) in [6, 6.07) is 10.3. The van der Waals surface area contributed by atoms with Gasteiger partial charge in [0.1, 0.15) is 11.5 Å². The summed E-state index contributed by atoms with van der Waals surface area (Å²) >= 11 is 12.2. The molecule has 26 heavy (non-hydrogen) atoms. The van der Waals surface area contributed by atoms with Crippen LogP contribution in [0.25, 0.3) is 0 Å². The largest absolute Gasteiger partial charge is 0.492 e. The number of para-hydroxylation sites is 1. The van der Waals surface area contributed by atoms with Crippen molar-refractivity contribution in [3.8, 4) is 11.5 Å².